The molecule has 0 saturated heterocycles. The van der Waals surface area contributed by atoms with E-state index in [1.165, 1.54) is 13.3 Å². The Morgan fingerprint density at radius 3 is 2.95 bits per heavy atom. The van der Waals surface area contributed by atoms with Crippen molar-refractivity contribution in [3.63, 3.8) is 0 Å². The van der Waals surface area contributed by atoms with Crippen molar-refractivity contribution in [2.24, 2.45) is 5.10 Å². The molecule has 1 aromatic rings. The molecule has 1 rings (SSSR count). The van der Waals surface area contributed by atoms with Crippen LogP contribution in [0.2, 0.25) is 0 Å². The molecule has 0 aliphatic carbocycles. The van der Waals surface area contributed by atoms with Crippen molar-refractivity contribution < 1.29 is 14.6 Å². The Morgan fingerprint density at radius 2 is 2.26 bits per heavy atom. The molecule has 1 aromatic carbocycles. The number of aromatic hydroxyl groups is 1. The van der Waals surface area contributed by atoms with E-state index in [0.29, 0.717) is 29.6 Å². The van der Waals surface area contributed by atoms with E-state index in [9.17, 15) is 5.11 Å². The highest BCUT2D eigenvalue weighted by molar-refractivity contribution is 7.80. The first-order valence-corrected chi connectivity index (χ1v) is 6.01. The summed E-state index contributed by atoms with van der Waals surface area (Å²) in [6, 6.07) is 5.14. The van der Waals surface area contributed by atoms with Gasteiger partial charge in [-0.1, -0.05) is 6.07 Å². The number of benzene rings is 1. The topological polar surface area (TPSA) is 75.1 Å². The first-order valence-electron chi connectivity index (χ1n) is 5.61. The summed E-state index contributed by atoms with van der Waals surface area (Å²) in [5.41, 5.74) is 3.17. The molecule has 0 aliphatic rings. The molecule has 0 aliphatic heterocycles. The number of thiocarbonyl (C=S) groups is 1. The molecule has 0 unspecified atom stereocenters. The lowest BCUT2D eigenvalue weighted by molar-refractivity contribution is 0.204. The van der Waals surface area contributed by atoms with Gasteiger partial charge in [0, 0.05) is 19.2 Å². The van der Waals surface area contributed by atoms with E-state index < -0.39 is 0 Å². The van der Waals surface area contributed by atoms with Gasteiger partial charge in [0.25, 0.3) is 0 Å². The minimum atomic E-state index is 0.0359. The average Bonchev–Trinajstić information content (AvgIpc) is 2.41. The van der Waals surface area contributed by atoms with Crippen LogP contribution in [0, 0.1) is 0 Å². The summed E-state index contributed by atoms with van der Waals surface area (Å²) in [5.74, 6) is 0.429. The van der Waals surface area contributed by atoms with Crippen LogP contribution in [0.5, 0.6) is 11.5 Å². The molecular weight excluding hydrogens is 266 g/mol. The lowest BCUT2D eigenvalue weighted by atomic mass is 10.2. The first kappa shape index (κ1) is 15.2. The normalized spacial score (nSPS) is 10.4. The van der Waals surface area contributed by atoms with Gasteiger partial charge in [-0.3, -0.25) is 5.43 Å². The van der Waals surface area contributed by atoms with Crippen LogP contribution < -0.4 is 15.5 Å². The minimum absolute atomic E-state index is 0.0359. The zero-order chi connectivity index (χ0) is 14.1. The molecule has 0 aromatic heterocycles. The number of para-hydroxylation sites is 1. The summed E-state index contributed by atoms with van der Waals surface area (Å²) in [7, 11) is 3.10. The van der Waals surface area contributed by atoms with Crippen LogP contribution in [0.25, 0.3) is 0 Å². The number of hydrogen-bond acceptors (Lipinski definition) is 5. The Kier molecular flexibility index (Phi) is 6.62. The van der Waals surface area contributed by atoms with Crippen molar-refractivity contribution in [2.45, 2.75) is 0 Å². The number of phenols is 1. The quantitative estimate of drug-likeness (QED) is 0.311. The summed E-state index contributed by atoms with van der Waals surface area (Å²) < 4.78 is 9.87. The van der Waals surface area contributed by atoms with Crippen LogP contribution in [-0.2, 0) is 4.74 Å². The van der Waals surface area contributed by atoms with Gasteiger partial charge in [-0.15, -0.1) is 0 Å². The van der Waals surface area contributed by atoms with E-state index in [1.54, 1.807) is 25.3 Å². The smallest absolute Gasteiger partial charge is 0.187 e. The number of nitrogens with one attached hydrogen (secondary N) is 2. The fourth-order valence-electron chi connectivity index (χ4n) is 1.27. The zero-order valence-electron chi connectivity index (χ0n) is 10.8. The van der Waals surface area contributed by atoms with Crippen molar-refractivity contribution in [3.8, 4) is 11.5 Å². The van der Waals surface area contributed by atoms with E-state index in [2.05, 4.69) is 15.8 Å². The molecule has 6 nitrogen and oxygen atoms in total. The van der Waals surface area contributed by atoms with Crippen LogP contribution in [0.4, 0.5) is 0 Å². The predicted molar refractivity (Wildman–Crippen MR) is 77.9 cm³/mol. The van der Waals surface area contributed by atoms with Crippen LogP contribution in [0.1, 0.15) is 5.56 Å². The first-order chi connectivity index (χ1) is 9.19. The van der Waals surface area contributed by atoms with E-state index in [4.69, 9.17) is 21.7 Å². The van der Waals surface area contributed by atoms with Gasteiger partial charge in [0.15, 0.2) is 16.6 Å². The van der Waals surface area contributed by atoms with Crippen molar-refractivity contribution in [2.75, 3.05) is 27.4 Å². The van der Waals surface area contributed by atoms with Gasteiger partial charge in [-0.2, -0.15) is 5.10 Å². The maximum absolute atomic E-state index is 9.82. The Morgan fingerprint density at radius 1 is 1.47 bits per heavy atom. The van der Waals surface area contributed by atoms with Crippen molar-refractivity contribution in [1.82, 2.24) is 10.7 Å². The van der Waals surface area contributed by atoms with E-state index in [0.717, 1.165) is 0 Å². The number of ether oxygens (including phenoxy) is 2. The second kappa shape index (κ2) is 8.28. The van der Waals surface area contributed by atoms with E-state index in [1.807, 2.05) is 0 Å². The summed E-state index contributed by atoms with van der Waals surface area (Å²) >= 11 is 4.99. The highest BCUT2D eigenvalue weighted by Gasteiger charge is 2.04. The van der Waals surface area contributed by atoms with Crippen molar-refractivity contribution >= 4 is 23.5 Å². The summed E-state index contributed by atoms with van der Waals surface area (Å²) in [6.45, 7) is 1.16. The zero-order valence-corrected chi connectivity index (χ0v) is 11.7. The molecule has 0 fully saturated rings. The Hall–Kier alpha value is -1.86. The summed E-state index contributed by atoms with van der Waals surface area (Å²) in [6.07, 6.45) is 1.46. The van der Waals surface area contributed by atoms with Crippen LogP contribution in [0.15, 0.2) is 23.3 Å². The summed E-state index contributed by atoms with van der Waals surface area (Å²) in [5, 5.41) is 17.0. The average molecular weight is 283 g/mol. The maximum Gasteiger partial charge on any atom is 0.187 e. The highest BCUT2D eigenvalue weighted by atomic mass is 32.1. The molecule has 0 amide bonds. The number of rotatable bonds is 6. The molecule has 104 valence electrons. The Bertz CT molecular complexity index is 452. The van der Waals surface area contributed by atoms with Gasteiger partial charge >= 0.3 is 0 Å². The van der Waals surface area contributed by atoms with Crippen LogP contribution >= 0.6 is 12.2 Å². The third kappa shape index (κ3) is 5.11. The van der Waals surface area contributed by atoms with E-state index in [-0.39, 0.29) is 5.75 Å². The molecule has 0 saturated carbocycles. The molecule has 3 N–H and O–H groups in total. The van der Waals surface area contributed by atoms with Gasteiger partial charge < -0.3 is 19.9 Å². The highest BCUT2D eigenvalue weighted by Crippen LogP contribution is 2.27. The minimum Gasteiger partial charge on any atom is -0.504 e. The fourth-order valence-corrected chi connectivity index (χ4v) is 1.43. The molecular formula is C12H17N3O3S. The number of methoxy groups -OCH3 is 2. The lowest BCUT2D eigenvalue weighted by Crippen LogP contribution is -2.34. The van der Waals surface area contributed by atoms with Gasteiger partial charge in [0.1, 0.15) is 0 Å². The molecule has 0 spiro atoms. The standard InChI is InChI=1S/C12H17N3O3S/c1-17-7-6-13-12(19)15-14-8-9-4-3-5-10(18-2)11(9)16/h3-5,8,16H,6-7H2,1-2H3,(H2,13,15,19). The van der Waals surface area contributed by atoms with Crippen molar-refractivity contribution in [1.29, 1.82) is 0 Å². The second-order valence-electron chi connectivity index (χ2n) is 3.52. The third-order valence-corrected chi connectivity index (χ3v) is 2.45. The van der Waals surface area contributed by atoms with Gasteiger partial charge in [0.2, 0.25) is 0 Å². The monoisotopic (exact) mass is 283 g/mol. The van der Waals surface area contributed by atoms with Crippen molar-refractivity contribution in [3.05, 3.63) is 23.8 Å². The van der Waals surface area contributed by atoms with E-state index >= 15 is 0 Å². The molecule has 0 radical (unpaired) electrons. The fraction of sp³-hybridized carbons (Fsp3) is 0.333. The lowest BCUT2D eigenvalue weighted by Gasteiger charge is -2.06. The number of hydrazone groups is 1. The Balaban J connectivity index is 2.51. The molecule has 0 heterocycles. The molecule has 0 bridgehead atoms. The second-order valence-corrected chi connectivity index (χ2v) is 3.93. The molecule has 7 heteroatoms. The molecule has 0 atom stereocenters. The van der Waals surface area contributed by atoms with Crippen LogP contribution in [-0.4, -0.2) is 43.8 Å². The largest absolute Gasteiger partial charge is 0.504 e. The number of phenolic OH excluding ortho intramolecular Hbond substituents is 1. The van der Waals surface area contributed by atoms with Gasteiger partial charge in [-0.05, 0) is 24.4 Å². The molecule has 19 heavy (non-hydrogen) atoms. The SMILES string of the molecule is COCCNC(=S)NN=Cc1cccc(OC)c1O. The Labute approximate surface area is 117 Å². The van der Waals surface area contributed by atoms with Crippen LogP contribution in [0.3, 0.4) is 0 Å². The number of nitrogens with zero attached hydrogens (tertiary/aromatic N) is 1. The van der Waals surface area contributed by atoms with Gasteiger partial charge in [-0.25, -0.2) is 0 Å². The van der Waals surface area contributed by atoms with Gasteiger partial charge in [0.05, 0.1) is 19.9 Å². The maximum atomic E-state index is 9.82. The number of hydrogen-bond donors (Lipinski definition) is 3. The summed E-state index contributed by atoms with van der Waals surface area (Å²) in [4.78, 5) is 0. The third-order valence-electron chi connectivity index (χ3n) is 2.21. The predicted octanol–water partition coefficient (Wildman–Crippen LogP) is 0.845.